The Morgan fingerprint density at radius 3 is 2.58 bits per heavy atom. The molecule has 0 aromatic heterocycles. The van der Waals surface area contributed by atoms with Crippen molar-refractivity contribution in [1.29, 1.82) is 0 Å². The van der Waals surface area contributed by atoms with Gasteiger partial charge < -0.3 is 9.47 Å². The second kappa shape index (κ2) is 6.89. The summed E-state index contributed by atoms with van der Waals surface area (Å²) < 4.78 is 42.1. The molecule has 1 heterocycles. The van der Waals surface area contributed by atoms with Crippen molar-refractivity contribution >= 4 is 10.1 Å². The van der Waals surface area contributed by atoms with E-state index in [0.29, 0.717) is 13.2 Å². The zero-order chi connectivity index (χ0) is 18.3. The number of aryl methyl sites for hydroxylation is 1. The summed E-state index contributed by atoms with van der Waals surface area (Å²) in [5.74, 6) is -0.0890. The number of benzene rings is 1. The number of hydrogen-bond acceptors (Lipinski definition) is 5. The SMILES string of the molecule is Cc1ccc(S(=O)(=O)OCC2CCC3(CCCC4(C3)OCCO4)C2)cc1. The second-order valence-corrected chi connectivity index (χ2v) is 9.91. The van der Waals surface area contributed by atoms with Gasteiger partial charge in [0.2, 0.25) is 0 Å². The average molecular weight is 381 g/mol. The zero-order valence-corrected chi connectivity index (χ0v) is 16.2. The predicted molar refractivity (Wildman–Crippen MR) is 97.2 cm³/mol. The summed E-state index contributed by atoms with van der Waals surface area (Å²) in [6.45, 7) is 3.59. The van der Waals surface area contributed by atoms with Crippen LogP contribution in [0.15, 0.2) is 29.2 Å². The van der Waals surface area contributed by atoms with E-state index in [4.69, 9.17) is 13.7 Å². The van der Waals surface area contributed by atoms with Crippen LogP contribution >= 0.6 is 0 Å². The van der Waals surface area contributed by atoms with Gasteiger partial charge in [0.05, 0.1) is 24.7 Å². The van der Waals surface area contributed by atoms with E-state index in [1.807, 2.05) is 6.92 Å². The summed E-state index contributed by atoms with van der Waals surface area (Å²) in [7, 11) is -3.68. The van der Waals surface area contributed by atoms with Gasteiger partial charge in [-0.25, -0.2) is 0 Å². The molecule has 144 valence electrons. The van der Waals surface area contributed by atoms with Gasteiger partial charge in [-0.2, -0.15) is 8.42 Å². The van der Waals surface area contributed by atoms with Crippen molar-refractivity contribution in [3.05, 3.63) is 29.8 Å². The van der Waals surface area contributed by atoms with E-state index >= 15 is 0 Å². The van der Waals surface area contributed by atoms with Crippen molar-refractivity contribution in [3.8, 4) is 0 Å². The van der Waals surface area contributed by atoms with Crippen molar-refractivity contribution in [2.45, 2.75) is 62.6 Å². The molecule has 6 heteroatoms. The molecule has 26 heavy (non-hydrogen) atoms. The molecular formula is C20H28O5S. The third kappa shape index (κ3) is 3.70. The Morgan fingerprint density at radius 2 is 1.85 bits per heavy atom. The highest BCUT2D eigenvalue weighted by molar-refractivity contribution is 7.86. The minimum atomic E-state index is -3.68. The van der Waals surface area contributed by atoms with Gasteiger partial charge in [0.1, 0.15) is 0 Å². The van der Waals surface area contributed by atoms with Crippen molar-refractivity contribution in [2.24, 2.45) is 11.3 Å². The first kappa shape index (κ1) is 18.4. The number of ether oxygens (including phenoxy) is 2. The summed E-state index contributed by atoms with van der Waals surface area (Å²) in [4.78, 5) is 0.236. The first-order valence-corrected chi connectivity index (χ1v) is 11.1. The maximum Gasteiger partial charge on any atom is 0.296 e. The molecule has 0 amide bonds. The van der Waals surface area contributed by atoms with Crippen molar-refractivity contribution < 1.29 is 22.1 Å². The Bertz CT molecular complexity index is 736. The Balaban J connectivity index is 1.36. The lowest BCUT2D eigenvalue weighted by molar-refractivity contribution is -0.201. The Kier molecular flexibility index (Phi) is 4.88. The van der Waals surface area contributed by atoms with E-state index in [2.05, 4.69) is 0 Å². The van der Waals surface area contributed by atoms with Crippen LogP contribution in [0.5, 0.6) is 0 Å². The molecule has 1 saturated heterocycles. The van der Waals surface area contributed by atoms with Crippen LogP contribution in [0.1, 0.15) is 50.5 Å². The van der Waals surface area contributed by atoms with Crippen LogP contribution in [0.4, 0.5) is 0 Å². The van der Waals surface area contributed by atoms with Gasteiger partial charge in [-0.15, -0.1) is 0 Å². The van der Waals surface area contributed by atoms with Gasteiger partial charge in [-0.1, -0.05) is 17.7 Å². The van der Waals surface area contributed by atoms with Gasteiger partial charge in [0.15, 0.2) is 5.79 Å². The second-order valence-electron chi connectivity index (χ2n) is 8.30. The Labute approximate surface area is 156 Å². The fraction of sp³-hybridized carbons (Fsp3) is 0.700. The highest BCUT2D eigenvalue weighted by Gasteiger charge is 2.51. The first-order valence-electron chi connectivity index (χ1n) is 9.65. The Morgan fingerprint density at radius 1 is 1.12 bits per heavy atom. The number of rotatable bonds is 4. The molecule has 0 radical (unpaired) electrons. The largest absolute Gasteiger partial charge is 0.348 e. The lowest BCUT2D eigenvalue weighted by atomic mass is 9.70. The van der Waals surface area contributed by atoms with Crippen molar-refractivity contribution in [2.75, 3.05) is 19.8 Å². The molecular weight excluding hydrogens is 352 g/mol. The third-order valence-electron chi connectivity index (χ3n) is 6.30. The third-order valence-corrected chi connectivity index (χ3v) is 7.59. The van der Waals surface area contributed by atoms with Gasteiger partial charge in [0.25, 0.3) is 10.1 Å². The minimum absolute atomic E-state index is 0.226. The lowest BCUT2D eigenvalue weighted by Crippen LogP contribution is -2.41. The molecule has 0 N–H and O–H groups in total. The minimum Gasteiger partial charge on any atom is -0.348 e. The highest BCUT2D eigenvalue weighted by atomic mass is 32.2. The summed E-state index contributed by atoms with van der Waals surface area (Å²) >= 11 is 0. The van der Waals surface area contributed by atoms with E-state index < -0.39 is 10.1 Å². The van der Waals surface area contributed by atoms with Crippen LogP contribution in [0.3, 0.4) is 0 Å². The molecule has 4 rings (SSSR count). The van der Waals surface area contributed by atoms with Gasteiger partial charge in [-0.3, -0.25) is 4.18 Å². The fourth-order valence-corrected chi connectivity index (χ4v) is 6.02. The summed E-state index contributed by atoms with van der Waals surface area (Å²) in [5, 5.41) is 0. The van der Waals surface area contributed by atoms with Gasteiger partial charge in [0, 0.05) is 12.8 Å². The van der Waals surface area contributed by atoms with Crippen molar-refractivity contribution in [3.63, 3.8) is 0 Å². The van der Waals surface area contributed by atoms with E-state index in [1.54, 1.807) is 24.3 Å². The normalized spacial score (nSPS) is 31.0. The standard InChI is InChI=1S/C20H28O5S/c1-16-3-5-18(6-4-16)26(21,22)25-14-17-7-10-19(13-17)8-2-9-20(15-19)23-11-12-24-20/h3-6,17H,2,7-15H2,1H3. The molecule has 1 aromatic rings. The molecule has 2 aliphatic carbocycles. The van der Waals surface area contributed by atoms with Gasteiger partial charge in [-0.05, 0) is 62.5 Å². The maximum absolute atomic E-state index is 12.4. The van der Waals surface area contributed by atoms with Crippen LogP contribution in [0.2, 0.25) is 0 Å². The van der Waals surface area contributed by atoms with Crippen LogP contribution in [-0.2, 0) is 23.8 Å². The van der Waals surface area contributed by atoms with E-state index in [0.717, 1.165) is 44.1 Å². The van der Waals surface area contributed by atoms with E-state index in [1.165, 1.54) is 6.42 Å². The molecule has 2 spiro atoms. The maximum atomic E-state index is 12.4. The summed E-state index contributed by atoms with van der Waals surface area (Å²) in [5.41, 5.74) is 1.26. The molecule has 2 unspecified atom stereocenters. The smallest absolute Gasteiger partial charge is 0.296 e. The van der Waals surface area contributed by atoms with Crippen LogP contribution in [0, 0.1) is 18.3 Å². The van der Waals surface area contributed by atoms with Crippen molar-refractivity contribution in [1.82, 2.24) is 0 Å². The quantitative estimate of drug-likeness (QED) is 0.744. The van der Waals surface area contributed by atoms with Gasteiger partial charge >= 0.3 is 0 Å². The monoisotopic (exact) mass is 380 g/mol. The lowest BCUT2D eigenvalue weighted by Gasteiger charge is -2.43. The molecule has 3 fully saturated rings. The molecule has 0 bridgehead atoms. The zero-order valence-electron chi connectivity index (χ0n) is 15.4. The molecule has 2 atom stereocenters. The van der Waals surface area contributed by atoms with Crippen LogP contribution < -0.4 is 0 Å². The van der Waals surface area contributed by atoms with E-state index in [9.17, 15) is 8.42 Å². The molecule has 3 aliphatic rings. The Hall–Kier alpha value is -0.950. The molecule has 2 saturated carbocycles. The van der Waals surface area contributed by atoms with Crippen LogP contribution in [0.25, 0.3) is 0 Å². The fourth-order valence-electron chi connectivity index (χ4n) is 5.04. The summed E-state index contributed by atoms with van der Waals surface area (Å²) in [6.07, 6.45) is 7.36. The average Bonchev–Trinajstić information content (AvgIpc) is 3.21. The first-order chi connectivity index (χ1) is 12.4. The van der Waals surface area contributed by atoms with Crippen LogP contribution in [-0.4, -0.2) is 34.0 Å². The molecule has 1 aliphatic heterocycles. The highest BCUT2D eigenvalue weighted by Crippen LogP contribution is 2.55. The number of hydrogen-bond donors (Lipinski definition) is 0. The molecule has 5 nitrogen and oxygen atoms in total. The predicted octanol–water partition coefficient (Wildman–Crippen LogP) is 3.80. The van der Waals surface area contributed by atoms with E-state index in [-0.39, 0.29) is 28.6 Å². The summed E-state index contributed by atoms with van der Waals surface area (Å²) in [6, 6.07) is 6.81. The molecule has 1 aromatic carbocycles. The topological polar surface area (TPSA) is 61.8 Å².